The number of rotatable bonds is 3. The molecule has 3 nitrogen and oxygen atoms in total. The molecule has 0 bridgehead atoms. The number of pyridine rings is 1. The Labute approximate surface area is 95.1 Å². The molecule has 2 aromatic rings. The minimum atomic E-state index is 0.330. The Morgan fingerprint density at radius 2 is 2.20 bits per heavy atom. The maximum atomic E-state index is 9.76. The van der Waals surface area contributed by atoms with E-state index < -0.39 is 0 Å². The Morgan fingerprint density at radius 3 is 2.93 bits per heavy atom. The van der Waals surface area contributed by atoms with Gasteiger partial charge in [-0.2, -0.15) is 0 Å². The molecular weight excluding hydrogens is 255 g/mol. The molecule has 0 spiro atoms. The average Bonchev–Trinajstić information content (AvgIpc) is 2.59. The van der Waals surface area contributed by atoms with Crippen molar-refractivity contribution in [3.05, 3.63) is 22.9 Å². The summed E-state index contributed by atoms with van der Waals surface area (Å²) in [5.74, 6) is 0.330. The summed E-state index contributed by atoms with van der Waals surface area (Å²) in [7, 11) is 4.13. The normalized spacial score (nSPS) is 11.4. The standard InChI is InChI=1S/C11H14N2OSe/c1-13(2)4-3-8-7-15-10-6-12-5-9(14)11(8)10/h5-7,14H,3-4H2,1-2H3. The Morgan fingerprint density at radius 1 is 1.40 bits per heavy atom. The molecular formula is C11H14N2OSe. The second-order valence-electron chi connectivity index (χ2n) is 3.85. The second kappa shape index (κ2) is 4.35. The topological polar surface area (TPSA) is 36.4 Å². The van der Waals surface area contributed by atoms with Gasteiger partial charge in [0.15, 0.2) is 0 Å². The van der Waals surface area contributed by atoms with Crippen molar-refractivity contribution in [1.82, 2.24) is 9.88 Å². The number of aromatic hydroxyl groups is 1. The molecule has 1 N–H and O–H groups in total. The Balaban J connectivity index is 2.35. The zero-order valence-electron chi connectivity index (χ0n) is 8.90. The summed E-state index contributed by atoms with van der Waals surface area (Å²) in [5.41, 5.74) is 1.28. The van der Waals surface area contributed by atoms with Crippen molar-refractivity contribution in [3.8, 4) is 5.75 Å². The predicted octanol–water partition coefficient (Wildman–Crippen LogP) is 1.10. The first-order valence-electron chi connectivity index (χ1n) is 4.86. The van der Waals surface area contributed by atoms with Crippen LogP contribution >= 0.6 is 0 Å². The van der Waals surface area contributed by atoms with E-state index in [9.17, 15) is 5.11 Å². The average molecular weight is 269 g/mol. The molecule has 2 aromatic heterocycles. The van der Waals surface area contributed by atoms with Crippen molar-refractivity contribution in [3.63, 3.8) is 0 Å². The third-order valence-corrected chi connectivity index (χ3v) is 4.40. The zero-order valence-corrected chi connectivity index (χ0v) is 10.6. The van der Waals surface area contributed by atoms with Crippen LogP contribution in [0.3, 0.4) is 0 Å². The molecule has 2 rings (SSSR count). The van der Waals surface area contributed by atoms with Crippen LogP contribution in [0.5, 0.6) is 5.75 Å². The Hall–Kier alpha value is -0.831. The van der Waals surface area contributed by atoms with E-state index in [1.165, 1.54) is 16.0 Å². The molecule has 0 saturated carbocycles. The molecule has 0 aliphatic carbocycles. The second-order valence-corrected chi connectivity index (χ2v) is 5.76. The maximum absolute atomic E-state index is 9.76. The molecule has 0 aliphatic rings. The van der Waals surface area contributed by atoms with Gasteiger partial charge in [0.25, 0.3) is 0 Å². The van der Waals surface area contributed by atoms with Gasteiger partial charge in [0.2, 0.25) is 0 Å². The van der Waals surface area contributed by atoms with Crippen molar-refractivity contribution >= 4 is 24.1 Å². The van der Waals surface area contributed by atoms with Crippen LogP contribution < -0.4 is 0 Å². The van der Waals surface area contributed by atoms with Gasteiger partial charge in [-0.05, 0) is 0 Å². The molecule has 4 heteroatoms. The van der Waals surface area contributed by atoms with Crippen molar-refractivity contribution in [2.45, 2.75) is 6.42 Å². The van der Waals surface area contributed by atoms with Gasteiger partial charge >= 0.3 is 94.8 Å². The number of fused-ring (bicyclic) bond motifs is 1. The number of likely N-dealkylation sites (N-methyl/N-ethyl adjacent to an activating group) is 1. The first-order chi connectivity index (χ1) is 7.18. The van der Waals surface area contributed by atoms with E-state index in [2.05, 4.69) is 28.9 Å². The van der Waals surface area contributed by atoms with E-state index in [1.807, 2.05) is 6.20 Å². The van der Waals surface area contributed by atoms with Crippen LogP contribution in [-0.2, 0) is 6.42 Å². The fraction of sp³-hybridized carbons (Fsp3) is 0.364. The molecule has 0 aromatic carbocycles. The molecule has 15 heavy (non-hydrogen) atoms. The van der Waals surface area contributed by atoms with Crippen molar-refractivity contribution in [2.24, 2.45) is 0 Å². The number of hydrogen-bond acceptors (Lipinski definition) is 3. The van der Waals surface area contributed by atoms with Crippen LogP contribution in [-0.4, -0.2) is 50.1 Å². The fourth-order valence-corrected chi connectivity index (χ4v) is 3.62. The molecule has 0 atom stereocenters. The summed E-state index contributed by atoms with van der Waals surface area (Å²) in [4.78, 5) is 8.42. The van der Waals surface area contributed by atoms with E-state index in [-0.39, 0.29) is 0 Å². The molecule has 80 valence electrons. The number of aromatic nitrogens is 1. The summed E-state index contributed by atoms with van der Waals surface area (Å²) in [6.07, 6.45) is 4.40. The molecule has 0 saturated heterocycles. The van der Waals surface area contributed by atoms with Gasteiger partial charge in [-0.1, -0.05) is 0 Å². The van der Waals surface area contributed by atoms with Gasteiger partial charge in [0.05, 0.1) is 0 Å². The third kappa shape index (κ3) is 2.23. The molecule has 0 amide bonds. The van der Waals surface area contributed by atoms with Crippen LogP contribution in [0.1, 0.15) is 5.56 Å². The summed E-state index contributed by atoms with van der Waals surface area (Å²) < 4.78 is 1.20. The van der Waals surface area contributed by atoms with Crippen molar-refractivity contribution < 1.29 is 5.11 Å². The monoisotopic (exact) mass is 270 g/mol. The first-order valence-corrected chi connectivity index (χ1v) is 6.71. The van der Waals surface area contributed by atoms with E-state index in [0.717, 1.165) is 18.4 Å². The van der Waals surface area contributed by atoms with E-state index in [4.69, 9.17) is 0 Å². The van der Waals surface area contributed by atoms with E-state index in [0.29, 0.717) is 20.3 Å². The quantitative estimate of drug-likeness (QED) is 0.848. The molecule has 0 fully saturated rings. The zero-order chi connectivity index (χ0) is 10.8. The Kier molecular flexibility index (Phi) is 3.10. The molecule has 0 radical (unpaired) electrons. The summed E-state index contributed by atoms with van der Waals surface area (Å²) in [6.45, 7) is 1.02. The van der Waals surface area contributed by atoms with Gasteiger partial charge in [0.1, 0.15) is 0 Å². The van der Waals surface area contributed by atoms with Crippen LogP contribution in [0.15, 0.2) is 17.3 Å². The predicted molar refractivity (Wildman–Crippen MR) is 62.6 cm³/mol. The van der Waals surface area contributed by atoms with Crippen molar-refractivity contribution in [1.29, 1.82) is 0 Å². The number of hydrogen-bond donors (Lipinski definition) is 1. The van der Waals surface area contributed by atoms with Gasteiger partial charge in [0, 0.05) is 0 Å². The number of nitrogens with zero attached hydrogens (tertiary/aromatic N) is 2. The van der Waals surface area contributed by atoms with Crippen molar-refractivity contribution in [2.75, 3.05) is 20.6 Å². The van der Waals surface area contributed by atoms with E-state index in [1.54, 1.807) is 0 Å². The summed E-state index contributed by atoms with van der Waals surface area (Å²) in [5, 5.41) is 10.8. The summed E-state index contributed by atoms with van der Waals surface area (Å²) in [6, 6.07) is 0. The van der Waals surface area contributed by atoms with Gasteiger partial charge in [-0.25, -0.2) is 0 Å². The Bertz CT molecular complexity index is 465. The van der Waals surface area contributed by atoms with Crippen LogP contribution in [0.4, 0.5) is 0 Å². The van der Waals surface area contributed by atoms with E-state index >= 15 is 0 Å². The van der Waals surface area contributed by atoms with Crippen LogP contribution in [0, 0.1) is 0 Å². The van der Waals surface area contributed by atoms with Crippen LogP contribution in [0.2, 0.25) is 0 Å². The van der Waals surface area contributed by atoms with Gasteiger partial charge in [-0.15, -0.1) is 0 Å². The third-order valence-electron chi connectivity index (χ3n) is 2.37. The SMILES string of the molecule is CN(C)CCc1c[se]c2cncc(O)c12. The van der Waals surface area contributed by atoms with Gasteiger partial charge in [-0.3, -0.25) is 0 Å². The van der Waals surface area contributed by atoms with Gasteiger partial charge < -0.3 is 0 Å². The fourth-order valence-electron chi connectivity index (χ4n) is 1.56. The summed E-state index contributed by atoms with van der Waals surface area (Å²) >= 11 is 0.350. The van der Waals surface area contributed by atoms with Crippen LogP contribution in [0.25, 0.3) is 9.65 Å². The first kappa shape index (κ1) is 10.7. The molecule has 0 unspecified atom stereocenters. The minimum absolute atomic E-state index is 0.330. The molecule has 0 aliphatic heterocycles. The molecule has 2 heterocycles.